The molecule has 2 heterocycles. The molecule has 2 saturated heterocycles. The van der Waals surface area contributed by atoms with Crippen molar-refractivity contribution >= 4 is 11.7 Å². The number of carbonyl (C=O) groups is 2. The highest BCUT2D eigenvalue weighted by Gasteiger charge is 2.32. The molecular weight excluding hydrogens is 288 g/mol. The van der Waals surface area contributed by atoms with Gasteiger partial charge in [-0.3, -0.25) is 14.5 Å². The molecule has 1 atom stereocenters. The van der Waals surface area contributed by atoms with Gasteiger partial charge >= 0.3 is 0 Å². The Balaban J connectivity index is 1.49. The number of rotatable bonds is 5. The van der Waals surface area contributed by atoms with E-state index in [1.807, 2.05) is 29.2 Å². The molecule has 0 N–H and O–H groups in total. The van der Waals surface area contributed by atoms with Gasteiger partial charge < -0.3 is 4.90 Å². The van der Waals surface area contributed by atoms with Crippen molar-refractivity contribution in [2.24, 2.45) is 0 Å². The van der Waals surface area contributed by atoms with Gasteiger partial charge in [0, 0.05) is 44.1 Å². The zero-order valence-electron chi connectivity index (χ0n) is 14.0. The van der Waals surface area contributed by atoms with Crippen LogP contribution in [-0.2, 0) is 11.2 Å². The lowest BCUT2D eigenvalue weighted by Gasteiger charge is -2.37. The quantitative estimate of drug-likeness (QED) is 0.784. The third-order valence-corrected chi connectivity index (χ3v) is 5.19. The molecule has 1 aromatic rings. The van der Waals surface area contributed by atoms with Gasteiger partial charge in [0.05, 0.1) is 0 Å². The normalized spacial score (nSPS) is 21.3. The number of fused-ring (bicyclic) bond motifs is 1. The van der Waals surface area contributed by atoms with Crippen molar-refractivity contribution in [2.45, 2.75) is 45.1 Å². The highest BCUT2D eigenvalue weighted by Crippen LogP contribution is 2.22. The van der Waals surface area contributed by atoms with Crippen molar-refractivity contribution in [3.8, 4) is 0 Å². The van der Waals surface area contributed by atoms with Crippen molar-refractivity contribution < 1.29 is 9.59 Å². The first kappa shape index (κ1) is 16.2. The maximum atomic E-state index is 12.4. The molecule has 0 aromatic heterocycles. The molecule has 3 rings (SSSR count). The number of hydrogen-bond acceptors (Lipinski definition) is 3. The third-order valence-electron chi connectivity index (χ3n) is 5.19. The van der Waals surface area contributed by atoms with Crippen LogP contribution < -0.4 is 0 Å². The number of amides is 1. The summed E-state index contributed by atoms with van der Waals surface area (Å²) in [6, 6.07) is 8.29. The number of Topliss-reactive ketones (excluding diaryl/α,β-unsaturated/α-hetero) is 1. The van der Waals surface area contributed by atoms with E-state index in [1.165, 1.54) is 24.9 Å². The van der Waals surface area contributed by atoms with Crippen molar-refractivity contribution in [1.82, 2.24) is 9.80 Å². The van der Waals surface area contributed by atoms with Gasteiger partial charge in [0.1, 0.15) is 0 Å². The van der Waals surface area contributed by atoms with Crippen LogP contribution in [0.2, 0.25) is 0 Å². The minimum atomic E-state index is 0.0699. The number of piperazine rings is 1. The average Bonchev–Trinajstić information content (AvgIpc) is 3.07. The van der Waals surface area contributed by atoms with Gasteiger partial charge in [0.2, 0.25) is 5.91 Å². The maximum Gasteiger partial charge on any atom is 0.223 e. The lowest BCUT2D eigenvalue weighted by atomic mass is 10.0. The third kappa shape index (κ3) is 3.81. The van der Waals surface area contributed by atoms with E-state index in [0.29, 0.717) is 18.9 Å². The largest absolute Gasteiger partial charge is 0.340 e. The monoisotopic (exact) mass is 314 g/mol. The SMILES string of the molecule is CCc1ccc(C(=O)CCC(=O)N2CCN3CCCC3C2)cc1. The Labute approximate surface area is 138 Å². The molecule has 1 unspecified atom stereocenters. The lowest BCUT2D eigenvalue weighted by Crippen LogP contribution is -2.52. The molecule has 0 saturated carbocycles. The van der Waals surface area contributed by atoms with E-state index in [9.17, 15) is 9.59 Å². The van der Waals surface area contributed by atoms with E-state index in [0.717, 1.165) is 31.6 Å². The van der Waals surface area contributed by atoms with Crippen LogP contribution in [-0.4, -0.2) is 53.7 Å². The highest BCUT2D eigenvalue weighted by atomic mass is 16.2. The molecule has 0 radical (unpaired) electrons. The highest BCUT2D eigenvalue weighted by molar-refractivity contribution is 5.98. The summed E-state index contributed by atoms with van der Waals surface area (Å²) in [5, 5.41) is 0. The molecule has 2 aliphatic heterocycles. The second kappa shape index (κ2) is 7.26. The fraction of sp³-hybridized carbons (Fsp3) is 0.579. The molecule has 2 aliphatic rings. The van der Waals surface area contributed by atoms with Crippen LogP contribution in [0.25, 0.3) is 0 Å². The summed E-state index contributed by atoms with van der Waals surface area (Å²) < 4.78 is 0. The zero-order valence-corrected chi connectivity index (χ0v) is 14.0. The predicted molar refractivity (Wildman–Crippen MR) is 90.6 cm³/mol. The number of carbonyl (C=O) groups excluding carboxylic acids is 2. The van der Waals surface area contributed by atoms with E-state index < -0.39 is 0 Å². The first-order chi connectivity index (χ1) is 11.2. The van der Waals surface area contributed by atoms with Gasteiger partial charge in [-0.25, -0.2) is 0 Å². The summed E-state index contributed by atoms with van der Waals surface area (Å²) in [7, 11) is 0. The molecule has 124 valence electrons. The fourth-order valence-corrected chi connectivity index (χ4v) is 3.67. The Hall–Kier alpha value is -1.68. The van der Waals surface area contributed by atoms with Gasteiger partial charge in [-0.2, -0.15) is 0 Å². The molecule has 1 aromatic carbocycles. The second-order valence-corrected chi connectivity index (χ2v) is 6.65. The first-order valence-electron chi connectivity index (χ1n) is 8.81. The Bertz CT molecular complexity index is 567. The second-order valence-electron chi connectivity index (χ2n) is 6.65. The topological polar surface area (TPSA) is 40.6 Å². The molecule has 4 nitrogen and oxygen atoms in total. The smallest absolute Gasteiger partial charge is 0.223 e. The van der Waals surface area contributed by atoms with Gasteiger partial charge in [-0.1, -0.05) is 31.2 Å². The van der Waals surface area contributed by atoms with E-state index in [1.54, 1.807) is 0 Å². The fourth-order valence-electron chi connectivity index (χ4n) is 3.67. The number of nitrogens with zero attached hydrogens (tertiary/aromatic N) is 2. The molecule has 23 heavy (non-hydrogen) atoms. The van der Waals surface area contributed by atoms with Crippen LogP contribution in [0.15, 0.2) is 24.3 Å². The van der Waals surface area contributed by atoms with Crippen molar-refractivity contribution in [2.75, 3.05) is 26.2 Å². The molecule has 2 fully saturated rings. The number of hydrogen-bond donors (Lipinski definition) is 0. The molecule has 4 heteroatoms. The molecule has 0 bridgehead atoms. The summed E-state index contributed by atoms with van der Waals surface area (Å²) in [5.41, 5.74) is 1.95. The maximum absolute atomic E-state index is 12.4. The lowest BCUT2D eigenvalue weighted by molar-refractivity contribution is -0.133. The van der Waals surface area contributed by atoms with E-state index in [4.69, 9.17) is 0 Å². The van der Waals surface area contributed by atoms with E-state index in [-0.39, 0.29) is 11.7 Å². The van der Waals surface area contributed by atoms with Crippen LogP contribution in [0, 0.1) is 0 Å². The van der Waals surface area contributed by atoms with Gasteiger partial charge in [-0.15, -0.1) is 0 Å². The van der Waals surface area contributed by atoms with E-state index in [2.05, 4.69) is 11.8 Å². The number of ketones is 1. The van der Waals surface area contributed by atoms with Crippen molar-refractivity contribution in [3.63, 3.8) is 0 Å². The summed E-state index contributed by atoms with van der Waals surface area (Å²) in [6.07, 6.45) is 4.07. The van der Waals surface area contributed by atoms with Gasteiger partial charge in [0.15, 0.2) is 5.78 Å². The average molecular weight is 314 g/mol. The minimum Gasteiger partial charge on any atom is -0.340 e. The zero-order chi connectivity index (χ0) is 16.2. The summed E-state index contributed by atoms with van der Waals surface area (Å²) in [6.45, 7) is 5.92. The Kier molecular flexibility index (Phi) is 5.11. The van der Waals surface area contributed by atoms with Crippen molar-refractivity contribution in [3.05, 3.63) is 35.4 Å². The predicted octanol–water partition coefficient (Wildman–Crippen LogP) is 2.52. The van der Waals surface area contributed by atoms with E-state index >= 15 is 0 Å². The minimum absolute atomic E-state index is 0.0699. The van der Waals surface area contributed by atoms with Crippen LogP contribution >= 0.6 is 0 Å². The van der Waals surface area contributed by atoms with Crippen molar-refractivity contribution in [1.29, 1.82) is 0 Å². The van der Waals surface area contributed by atoms with Crippen LogP contribution in [0.5, 0.6) is 0 Å². The first-order valence-corrected chi connectivity index (χ1v) is 8.81. The van der Waals surface area contributed by atoms with Gasteiger partial charge in [0.25, 0.3) is 0 Å². The Morgan fingerprint density at radius 1 is 1.09 bits per heavy atom. The molecule has 0 spiro atoms. The molecule has 0 aliphatic carbocycles. The Morgan fingerprint density at radius 3 is 2.61 bits per heavy atom. The van der Waals surface area contributed by atoms with Crippen LogP contribution in [0.4, 0.5) is 0 Å². The van der Waals surface area contributed by atoms with Crippen LogP contribution in [0.1, 0.15) is 48.5 Å². The molecular formula is C19H26N2O2. The Morgan fingerprint density at radius 2 is 1.87 bits per heavy atom. The van der Waals surface area contributed by atoms with Gasteiger partial charge in [-0.05, 0) is 31.4 Å². The standard InChI is InChI=1S/C19H26N2O2/c1-2-15-5-7-16(8-6-15)18(22)9-10-19(23)21-13-12-20-11-3-4-17(20)14-21/h5-8,17H,2-4,9-14H2,1H3. The number of benzene rings is 1. The number of aryl methyl sites for hydroxylation is 1. The van der Waals surface area contributed by atoms with Crippen LogP contribution in [0.3, 0.4) is 0 Å². The summed E-state index contributed by atoms with van der Waals surface area (Å²) in [4.78, 5) is 29.1. The summed E-state index contributed by atoms with van der Waals surface area (Å²) in [5.74, 6) is 0.204. The summed E-state index contributed by atoms with van der Waals surface area (Å²) >= 11 is 0. The molecule has 1 amide bonds.